The third-order valence-electron chi connectivity index (χ3n) is 3.42. The fourth-order valence-corrected chi connectivity index (χ4v) is 2.59. The van der Waals surface area contributed by atoms with Gasteiger partial charge in [-0.2, -0.15) is 0 Å². The number of rotatable bonds is 2. The Kier molecular flexibility index (Phi) is 3.96. The number of nitrogens with zero attached hydrogens (tertiary/aromatic N) is 6. The summed E-state index contributed by atoms with van der Waals surface area (Å²) < 4.78 is 13.6. The van der Waals surface area contributed by atoms with Gasteiger partial charge in [-0.05, 0) is 22.9 Å². The van der Waals surface area contributed by atoms with E-state index in [2.05, 4.69) is 52.6 Å². The molecule has 1 atom stereocenters. The summed E-state index contributed by atoms with van der Waals surface area (Å²) in [7, 11) is 0. The van der Waals surface area contributed by atoms with E-state index in [1.165, 1.54) is 12.4 Å². The van der Waals surface area contributed by atoms with Gasteiger partial charge in [0.15, 0.2) is 5.82 Å². The molecule has 0 aromatic carbocycles. The number of hydrogen-bond acceptors (Lipinski definition) is 6. The molecule has 0 radical (unpaired) electrons. The van der Waals surface area contributed by atoms with Gasteiger partial charge in [0.2, 0.25) is 5.95 Å². The monoisotopic (exact) mass is 352 g/mol. The zero-order valence-electron chi connectivity index (χ0n) is 11.4. The Morgan fingerprint density at radius 1 is 1.10 bits per heavy atom. The predicted molar refractivity (Wildman–Crippen MR) is 80.7 cm³/mol. The van der Waals surface area contributed by atoms with Crippen molar-refractivity contribution in [3.8, 4) is 0 Å². The highest BCUT2D eigenvalue weighted by Gasteiger charge is 2.26. The molecule has 2 aromatic heterocycles. The van der Waals surface area contributed by atoms with Crippen LogP contribution in [-0.4, -0.2) is 45.6 Å². The largest absolute Gasteiger partial charge is 0.352 e. The summed E-state index contributed by atoms with van der Waals surface area (Å²) in [4.78, 5) is 20.9. The minimum absolute atomic E-state index is 0.203. The lowest BCUT2D eigenvalue weighted by molar-refractivity contribution is 0.533. The van der Waals surface area contributed by atoms with Crippen molar-refractivity contribution in [1.82, 2.24) is 19.9 Å². The van der Waals surface area contributed by atoms with Crippen LogP contribution in [0.4, 0.5) is 16.2 Å². The topological polar surface area (TPSA) is 58.0 Å². The Balaban J connectivity index is 1.72. The number of hydrogen-bond donors (Lipinski definition) is 0. The molecule has 110 valence electrons. The molecule has 0 N–H and O–H groups in total. The van der Waals surface area contributed by atoms with Gasteiger partial charge in [-0.1, -0.05) is 0 Å². The van der Waals surface area contributed by atoms with Gasteiger partial charge in [0.05, 0.1) is 24.8 Å². The lowest BCUT2D eigenvalue weighted by Crippen LogP contribution is -2.53. The van der Waals surface area contributed by atoms with Crippen molar-refractivity contribution in [2.75, 3.05) is 29.4 Å². The Hall–Kier alpha value is -1.83. The molecule has 3 rings (SSSR count). The number of aromatic nitrogens is 4. The molecule has 2 aromatic rings. The Morgan fingerprint density at radius 3 is 2.48 bits per heavy atom. The molecule has 0 amide bonds. The van der Waals surface area contributed by atoms with E-state index in [0.717, 1.165) is 30.1 Å². The fraction of sp³-hybridized carbons (Fsp3) is 0.385. The van der Waals surface area contributed by atoms with Gasteiger partial charge in [0.25, 0.3) is 0 Å². The van der Waals surface area contributed by atoms with Gasteiger partial charge in [0, 0.05) is 25.7 Å². The van der Waals surface area contributed by atoms with Crippen LogP contribution in [0.2, 0.25) is 0 Å². The first-order valence-corrected chi connectivity index (χ1v) is 7.39. The fourth-order valence-electron chi connectivity index (χ4n) is 2.39. The zero-order valence-corrected chi connectivity index (χ0v) is 13.0. The highest BCUT2D eigenvalue weighted by molar-refractivity contribution is 9.10. The minimum Gasteiger partial charge on any atom is -0.352 e. The van der Waals surface area contributed by atoms with Crippen LogP contribution in [0.15, 0.2) is 29.4 Å². The van der Waals surface area contributed by atoms with Crippen molar-refractivity contribution in [2.45, 2.75) is 13.0 Å². The van der Waals surface area contributed by atoms with Gasteiger partial charge in [-0.15, -0.1) is 0 Å². The second-order valence-corrected chi connectivity index (χ2v) is 5.70. The van der Waals surface area contributed by atoms with Gasteiger partial charge >= 0.3 is 0 Å². The second-order valence-electron chi connectivity index (χ2n) is 4.89. The summed E-state index contributed by atoms with van der Waals surface area (Å²) in [6.07, 6.45) is 5.83. The average molecular weight is 353 g/mol. The van der Waals surface area contributed by atoms with E-state index in [-0.39, 0.29) is 6.04 Å². The van der Waals surface area contributed by atoms with Gasteiger partial charge in [-0.3, -0.25) is 0 Å². The molecule has 1 aliphatic heterocycles. The molecule has 0 saturated carbocycles. The van der Waals surface area contributed by atoms with Gasteiger partial charge < -0.3 is 9.80 Å². The van der Waals surface area contributed by atoms with Crippen LogP contribution in [0.3, 0.4) is 0 Å². The molecule has 1 saturated heterocycles. The Morgan fingerprint density at radius 2 is 1.86 bits per heavy atom. The molecule has 6 nitrogen and oxygen atoms in total. The van der Waals surface area contributed by atoms with Crippen LogP contribution in [0.5, 0.6) is 0 Å². The molecule has 21 heavy (non-hydrogen) atoms. The van der Waals surface area contributed by atoms with Crippen LogP contribution in [-0.2, 0) is 0 Å². The molecule has 0 bridgehead atoms. The molecular formula is C13H14BrFN6. The summed E-state index contributed by atoms with van der Waals surface area (Å²) in [6.45, 7) is 4.42. The zero-order chi connectivity index (χ0) is 14.8. The van der Waals surface area contributed by atoms with E-state index in [4.69, 9.17) is 0 Å². The average Bonchev–Trinajstić information content (AvgIpc) is 2.49. The molecule has 1 aliphatic rings. The molecule has 0 aliphatic carbocycles. The molecule has 0 unspecified atom stereocenters. The molecule has 0 spiro atoms. The second kappa shape index (κ2) is 5.88. The normalized spacial score (nSPS) is 18.9. The number of piperazine rings is 1. The van der Waals surface area contributed by atoms with Crippen molar-refractivity contribution in [2.24, 2.45) is 0 Å². The van der Waals surface area contributed by atoms with Crippen molar-refractivity contribution >= 4 is 27.7 Å². The van der Waals surface area contributed by atoms with Crippen molar-refractivity contribution in [3.05, 3.63) is 35.2 Å². The summed E-state index contributed by atoms with van der Waals surface area (Å²) in [6, 6.07) is 0.203. The third-order valence-corrected chi connectivity index (χ3v) is 3.83. The number of halogens is 2. The van der Waals surface area contributed by atoms with Crippen molar-refractivity contribution < 1.29 is 4.39 Å². The maximum absolute atomic E-state index is 12.9. The minimum atomic E-state index is -0.421. The van der Waals surface area contributed by atoms with Gasteiger partial charge in [0.1, 0.15) is 10.4 Å². The lowest BCUT2D eigenvalue weighted by atomic mass is 10.2. The van der Waals surface area contributed by atoms with Crippen LogP contribution < -0.4 is 9.80 Å². The van der Waals surface area contributed by atoms with E-state index in [1.54, 1.807) is 12.4 Å². The molecule has 3 heterocycles. The highest BCUT2D eigenvalue weighted by atomic mass is 79.9. The first-order chi connectivity index (χ1) is 10.1. The predicted octanol–water partition coefficient (Wildman–Crippen LogP) is 1.88. The van der Waals surface area contributed by atoms with E-state index < -0.39 is 5.82 Å². The van der Waals surface area contributed by atoms with Crippen LogP contribution in [0, 0.1) is 5.82 Å². The van der Waals surface area contributed by atoms with E-state index in [1.807, 2.05) is 0 Å². The summed E-state index contributed by atoms with van der Waals surface area (Å²) in [5.41, 5.74) is 0. The maximum atomic E-state index is 12.9. The van der Waals surface area contributed by atoms with Crippen molar-refractivity contribution in [1.29, 1.82) is 0 Å². The first-order valence-electron chi connectivity index (χ1n) is 6.60. The molecule has 1 fully saturated rings. The summed E-state index contributed by atoms with van der Waals surface area (Å²) in [5.74, 6) is 0.991. The first kappa shape index (κ1) is 14.1. The summed E-state index contributed by atoms with van der Waals surface area (Å²) in [5, 5.41) is 0. The maximum Gasteiger partial charge on any atom is 0.225 e. The standard InChI is InChI=1S/C13H14BrFN6/c1-9-8-20(12-7-16-11(14)6-17-12)2-3-21(9)13-18-4-10(15)5-19-13/h4-7,9H,2-3,8H2,1H3/t9-/m1/s1. The van der Waals surface area contributed by atoms with E-state index in [0.29, 0.717) is 5.95 Å². The van der Waals surface area contributed by atoms with Crippen LogP contribution in [0.1, 0.15) is 6.92 Å². The SMILES string of the molecule is C[C@@H]1CN(c2cnc(Br)cn2)CCN1c1ncc(F)cn1. The number of anilines is 2. The smallest absolute Gasteiger partial charge is 0.225 e. The van der Waals surface area contributed by atoms with Gasteiger partial charge in [-0.25, -0.2) is 24.3 Å². The molecule has 8 heteroatoms. The quantitative estimate of drug-likeness (QED) is 0.822. The Labute approximate surface area is 130 Å². The third kappa shape index (κ3) is 3.10. The highest BCUT2D eigenvalue weighted by Crippen LogP contribution is 2.20. The van der Waals surface area contributed by atoms with E-state index in [9.17, 15) is 4.39 Å². The van der Waals surface area contributed by atoms with E-state index >= 15 is 0 Å². The summed E-state index contributed by atoms with van der Waals surface area (Å²) >= 11 is 3.28. The van der Waals surface area contributed by atoms with Crippen molar-refractivity contribution in [3.63, 3.8) is 0 Å². The van der Waals surface area contributed by atoms with Crippen LogP contribution >= 0.6 is 15.9 Å². The lowest BCUT2D eigenvalue weighted by Gasteiger charge is -2.40. The Bertz CT molecular complexity index is 605. The molecular weight excluding hydrogens is 339 g/mol. The van der Waals surface area contributed by atoms with Crippen LogP contribution in [0.25, 0.3) is 0 Å².